The summed E-state index contributed by atoms with van der Waals surface area (Å²) in [6.07, 6.45) is -7.35. The summed E-state index contributed by atoms with van der Waals surface area (Å²) in [7, 11) is 1.43. The molecule has 40 heavy (non-hydrogen) atoms. The van der Waals surface area contributed by atoms with Gasteiger partial charge in [-0.3, -0.25) is 4.79 Å². The third-order valence-electron chi connectivity index (χ3n) is 7.09. The molecule has 6 rings (SSSR count). The lowest BCUT2D eigenvalue weighted by molar-refractivity contribution is -0.278. The van der Waals surface area contributed by atoms with Gasteiger partial charge < -0.3 is 48.5 Å². The van der Waals surface area contributed by atoms with Crippen LogP contribution in [0.25, 0.3) is 21.9 Å². The number of hydrogen-bond acceptors (Lipinski definition) is 12. The number of methoxy groups -OCH3 is 1. The highest BCUT2D eigenvalue weighted by Gasteiger charge is 2.45. The zero-order chi connectivity index (χ0) is 28.1. The van der Waals surface area contributed by atoms with Gasteiger partial charge >= 0.3 is 11.9 Å². The number of benzene rings is 3. The zero-order valence-electron chi connectivity index (χ0n) is 21.5. The van der Waals surface area contributed by atoms with Crippen LogP contribution < -0.4 is 18.9 Å². The molecule has 3 aromatic rings. The van der Waals surface area contributed by atoms with Crippen molar-refractivity contribution in [1.29, 1.82) is 0 Å². The minimum atomic E-state index is -1.63. The van der Waals surface area contributed by atoms with Crippen LogP contribution in [0.5, 0.6) is 23.0 Å². The van der Waals surface area contributed by atoms with Crippen molar-refractivity contribution in [2.45, 2.75) is 44.2 Å². The van der Waals surface area contributed by atoms with Gasteiger partial charge in [0.25, 0.3) is 0 Å². The maximum atomic E-state index is 12.8. The Balaban J connectivity index is 1.42. The van der Waals surface area contributed by atoms with E-state index in [1.165, 1.54) is 14.0 Å². The van der Waals surface area contributed by atoms with E-state index in [0.717, 1.165) is 0 Å². The predicted molar refractivity (Wildman–Crippen MR) is 135 cm³/mol. The second-order valence-electron chi connectivity index (χ2n) is 9.59. The molecule has 12 heteroatoms. The molecule has 0 amide bonds. The first-order chi connectivity index (χ1) is 19.2. The molecule has 0 aromatic heterocycles. The van der Waals surface area contributed by atoms with Gasteiger partial charge in [0, 0.05) is 18.1 Å². The van der Waals surface area contributed by atoms with Crippen LogP contribution in [0, 0.1) is 0 Å². The van der Waals surface area contributed by atoms with Gasteiger partial charge in [-0.15, -0.1) is 0 Å². The number of cyclic esters (lactones) is 1. The van der Waals surface area contributed by atoms with Gasteiger partial charge in [0.05, 0.1) is 12.7 Å². The van der Waals surface area contributed by atoms with Crippen molar-refractivity contribution >= 4 is 22.7 Å². The van der Waals surface area contributed by atoms with Gasteiger partial charge in [0.2, 0.25) is 13.1 Å². The molecule has 210 valence electrons. The highest BCUT2D eigenvalue weighted by atomic mass is 16.7. The SMILES string of the molecule is COc1cc2c(-c3ccc4c(c3)OCO4)c3c(cc2cc1OC1OC(COC(C)=O)C(O)C(O)C1O)COC3=O. The molecule has 1 fully saturated rings. The molecule has 1 saturated heterocycles. The summed E-state index contributed by atoms with van der Waals surface area (Å²) in [5, 5.41) is 32.6. The molecule has 0 bridgehead atoms. The topological polar surface area (TPSA) is 159 Å². The Kier molecular flexibility index (Phi) is 6.62. The van der Waals surface area contributed by atoms with E-state index in [9.17, 15) is 24.9 Å². The molecule has 3 heterocycles. The fourth-order valence-corrected chi connectivity index (χ4v) is 5.11. The summed E-state index contributed by atoms with van der Waals surface area (Å²) in [4.78, 5) is 24.0. The lowest BCUT2D eigenvalue weighted by atomic mass is 9.90. The summed E-state index contributed by atoms with van der Waals surface area (Å²) in [5.74, 6) is 0.507. The highest BCUT2D eigenvalue weighted by Crippen LogP contribution is 2.45. The van der Waals surface area contributed by atoms with Crippen molar-refractivity contribution < 1.29 is 58.1 Å². The maximum Gasteiger partial charge on any atom is 0.339 e. The maximum absolute atomic E-state index is 12.8. The number of carbonyl (C=O) groups excluding carboxylic acids is 2. The second-order valence-corrected chi connectivity index (χ2v) is 9.59. The first-order valence-electron chi connectivity index (χ1n) is 12.5. The quantitative estimate of drug-likeness (QED) is 0.379. The molecule has 0 radical (unpaired) electrons. The minimum Gasteiger partial charge on any atom is -0.493 e. The molecular formula is C28H26O12. The summed E-state index contributed by atoms with van der Waals surface area (Å²) in [6.45, 7) is 1.04. The van der Waals surface area contributed by atoms with Gasteiger partial charge in [0.15, 0.2) is 23.0 Å². The van der Waals surface area contributed by atoms with Gasteiger partial charge in [0.1, 0.15) is 37.6 Å². The summed E-state index contributed by atoms with van der Waals surface area (Å²) in [6, 6.07) is 10.5. The number of ether oxygens (including phenoxy) is 7. The first-order valence-corrected chi connectivity index (χ1v) is 12.5. The molecule has 3 N–H and O–H groups in total. The van der Waals surface area contributed by atoms with Gasteiger partial charge in [-0.2, -0.15) is 0 Å². The predicted octanol–water partition coefficient (Wildman–Crippen LogP) is 1.66. The van der Waals surface area contributed by atoms with Crippen LogP contribution in [-0.2, 0) is 25.6 Å². The summed E-state index contributed by atoms with van der Waals surface area (Å²) >= 11 is 0. The van der Waals surface area contributed by atoms with Crippen molar-refractivity contribution in [3.05, 3.63) is 47.5 Å². The van der Waals surface area contributed by atoms with Crippen molar-refractivity contribution in [1.82, 2.24) is 0 Å². The Hall–Kier alpha value is -4.10. The van der Waals surface area contributed by atoms with Gasteiger partial charge in [-0.1, -0.05) is 6.07 Å². The Morgan fingerprint density at radius 2 is 1.75 bits per heavy atom. The van der Waals surface area contributed by atoms with E-state index in [1.54, 1.807) is 30.3 Å². The zero-order valence-corrected chi connectivity index (χ0v) is 21.5. The van der Waals surface area contributed by atoms with E-state index in [1.807, 2.05) is 6.07 Å². The number of esters is 2. The molecule has 0 saturated carbocycles. The molecule has 5 unspecified atom stereocenters. The smallest absolute Gasteiger partial charge is 0.339 e. The van der Waals surface area contributed by atoms with Gasteiger partial charge in [-0.25, -0.2) is 4.79 Å². The molecule has 0 aliphatic carbocycles. The van der Waals surface area contributed by atoms with Crippen LogP contribution in [0.1, 0.15) is 22.8 Å². The fourth-order valence-electron chi connectivity index (χ4n) is 5.11. The summed E-state index contributed by atoms with van der Waals surface area (Å²) < 4.78 is 38.5. The third-order valence-corrected chi connectivity index (χ3v) is 7.09. The van der Waals surface area contributed by atoms with Crippen molar-refractivity contribution in [2.75, 3.05) is 20.5 Å². The Bertz CT molecular complexity index is 1500. The number of aliphatic hydroxyl groups excluding tert-OH is 3. The molecule has 3 aliphatic heterocycles. The number of fused-ring (bicyclic) bond motifs is 3. The monoisotopic (exact) mass is 554 g/mol. The van der Waals surface area contributed by atoms with E-state index >= 15 is 0 Å². The van der Waals surface area contributed by atoms with Crippen LogP contribution >= 0.6 is 0 Å². The van der Waals surface area contributed by atoms with Crippen molar-refractivity contribution in [3.63, 3.8) is 0 Å². The van der Waals surface area contributed by atoms with Crippen LogP contribution in [0.4, 0.5) is 0 Å². The number of rotatable bonds is 6. The van der Waals surface area contributed by atoms with Crippen molar-refractivity contribution in [2.24, 2.45) is 0 Å². The number of aliphatic hydroxyl groups is 3. The normalized spacial score (nSPS) is 24.9. The van der Waals surface area contributed by atoms with Crippen LogP contribution in [-0.4, -0.2) is 78.5 Å². The average Bonchev–Trinajstić information content (AvgIpc) is 3.56. The van der Waals surface area contributed by atoms with Crippen LogP contribution in [0.3, 0.4) is 0 Å². The van der Waals surface area contributed by atoms with E-state index in [0.29, 0.717) is 44.5 Å². The Labute approximate surface area is 227 Å². The minimum absolute atomic E-state index is 0.0935. The van der Waals surface area contributed by atoms with Gasteiger partial charge in [-0.05, 0) is 46.7 Å². The number of carbonyl (C=O) groups is 2. The molecule has 0 spiro atoms. The van der Waals surface area contributed by atoms with E-state index in [2.05, 4.69) is 0 Å². The van der Waals surface area contributed by atoms with E-state index < -0.39 is 42.6 Å². The second kappa shape index (κ2) is 10.1. The van der Waals surface area contributed by atoms with E-state index in [4.69, 9.17) is 33.2 Å². The Morgan fingerprint density at radius 3 is 2.52 bits per heavy atom. The number of hydrogen-bond donors (Lipinski definition) is 3. The lowest BCUT2D eigenvalue weighted by Gasteiger charge is -2.40. The van der Waals surface area contributed by atoms with Crippen molar-refractivity contribution in [3.8, 4) is 34.1 Å². The molecule has 5 atom stereocenters. The average molecular weight is 555 g/mol. The molecule has 12 nitrogen and oxygen atoms in total. The first kappa shape index (κ1) is 26.1. The largest absolute Gasteiger partial charge is 0.493 e. The summed E-state index contributed by atoms with van der Waals surface area (Å²) in [5.41, 5.74) is 2.43. The molecule has 3 aliphatic rings. The third kappa shape index (κ3) is 4.44. The molecular weight excluding hydrogens is 528 g/mol. The molecule has 3 aromatic carbocycles. The lowest BCUT2D eigenvalue weighted by Crippen LogP contribution is -2.60. The van der Waals surface area contributed by atoms with Crippen LogP contribution in [0.15, 0.2) is 36.4 Å². The standard InChI is InChI=1S/C28H26O12/c1-12(29)35-10-21-24(30)25(31)26(32)28(40-21)39-20-7-14-5-15-9-36-27(33)23(15)22(16(14)8-18(20)34-2)13-3-4-17-19(6-13)38-11-37-17/h3-8,21,24-26,28,30-32H,9-11H2,1-2H3. The van der Waals surface area contributed by atoms with E-state index in [-0.39, 0.29) is 31.5 Å². The Morgan fingerprint density at radius 1 is 0.950 bits per heavy atom. The van der Waals surface area contributed by atoms with Crippen LogP contribution in [0.2, 0.25) is 0 Å². The fraction of sp³-hybridized carbons (Fsp3) is 0.357. The highest BCUT2D eigenvalue weighted by molar-refractivity contribution is 6.11.